The molecule has 1 aliphatic carbocycles. The Balaban J connectivity index is 1.78. The number of carboxylic acids is 1. The average Bonchev–Trinajstić information content (AvgIpc) is 3.22. The number of hydrogen-bond donors (Lipinski definition) is 1. The average molecular weight is 305 g/mol. The lowest BCUT2D eigenvalue weighted by Crippen LogP contribution is -2.41. The molecule has 0 aromatic heterocycles. The van der Waals surface area contributed by atoms with Crippen molar-refractivity contribution in [3.8, 4) is 0 Å². The summed E-state index contributed by atoms with van der Waals surface area (Å²) in [5, 5.41) is 9.10. The molecular weight excluding hydrogens is 286 g/mol. The molecule has 0 spiro atoms. The van der Waals surface area contributed by atoms with Crippen LogP contribution in [0.4, 0.5) is 0 Å². The number of aliphatic carboxylic acids is 1. The van der Waals surface area contributed by atoms with E-state index >= 15 is 0 Å². The second-order valence-corrected chi connectivity index (χ2v) is 6.92. The summed E-state index contributed by atoms with van der Waals surface area (Å²) in [5.41, 5.74) is 1.10. The standard InChI is InChI=1S/C16H19NO3S/c1-10(16(19)20)8-17(11-6-7-11)15(18)13-9-21-14-5-3-2-4-12(13)14/h2-5,10-11,13H,6-9H2,1H3,(H,19,20)/t10-,13+/m1/s1. The number of carbonyl (C=O) groups is 2. The quantitative estimate of drug-likeness (QED) is 0.908. The molecule has 1 heterocycles. The predicted molar refractivity (Wildman–Crippen MR) is 81.4 cm³/mol. The number of nitrogens with zero attached hydrogens (tertiary/aromatic N) is 1. The van der Waals surface area contributed by atoms with Gasteiger partial charge in [0.05, 0.1) is 11.8 Å². The second-order valence-electron chi connectivity index (χ2n) is 5.86. The van der Waals surface area contributed by atoms with Crippen LogP contribution in [0.1, 0.15) is 31.2 Å². The van der Waals surface area contributed by atoms with Crippen LogP contribution in [0, 0.1) is 5.92 Å². The fourth-order valence-electron chi connectivity index (χ4n) is 2.75. The van der Waals surface area contributed by atoms with Crippen molar-refractivity contribution in [2.24, 2.45) is 5.92 Å². The first-order valence-corrected chi connectivity index (χ1v) is 8.31. The van der Waals surface area contributed by atoms with Gasteiger partial charge in [-0.2, -0.15) is 0 Å². The van der Waals surface area contributed by atoms with Gasteiger partial charge >= 0.3 is 5.97 Å². The number of amides is 1. The van der Waals surface area contributed by atoms with Gasteiger partial charge in [-0.3, -0.25) is 9.59 Å². The van der Waals surface area contributed by atoms with E-state index in [2.05, 4.69) is 6.07 Å². The molecule has 1 amide bonds. The molecule has 0 radical (unpaired) electrons. The maximum Gasteiger partial charge on any atom is 0.308 e. The highest BCUT2D eigenvalue weighted by Crippen LogP contribution is 2.41. The number of hydrogen-bond acceptors (Lipinski definition) is 3. The first kappa shape index (κ1) is 14.4. The highest BCUT2D eigenvalue weighted by Gasteiger charge is 2.39. The summed E-state index contributed by atoms with van der Waals surface area (Å²) >= 11 is 1.72. The van der Waals surface area contributed by atoms with Gasteiger partial charge in [-0.25, -0.2) is 0 Å². The minimum atomic E-state index is -0.838. The van der Waals surface area contributed by atoms with Gasteiger partial charge in [-0.15, -0.1) is 11.8 Å². The smallest absolute Gasteiger partial charge is 0.308 e. The van der Waals surface area contributed by atoms with Gasteiger partial charge in [-0.1, -0.05) is 25.1 Å². The van der Waals surface area contributed by atoms with Crippen LogP contribution in [0.25, 0.3) is 0 Å². The van der Waals surface area contributed by atoms with Gasteiger partial charge in [0.2, 0.25) is 5.91 Å². The Morgan fingerprint density at radius 2 is 2.10 bits per heavy atom. The summed E-state index contributed by atoms with van der Waals surface area (Å²) in [7, 11) is 0. The molecule has 112 valence electrons. The molecule has 1 aromatic carbocycles. The molecule has 1 aliphatic heterocycles. The van der Waals surface area contributed by atoms with E-state index in [1.807, 2.05) is 23.1 Å². The minimum Gasteiger partial charge on any atom is -0.481 e. The molecule has 0 saturated heterocycles. The summed E-state index contributed by atoms with van der Waals surface area (Å²) in [6.45, 7) is 1.99. The zero-order valence-electron chi connectivity index (χ0n) is 12.0. The van der Waals surface area contributed by atoms with E-state index in [1.54, 1.807) is 18.7 Å². The van der Waals surface area contributed by atoms with Crippen LogP contribution in [0.5, 0.6) is 0 Å². The van der Waals surface area contributed by atoms with Crippen molar-refractivity contribution in [2.75, 3.05) is 12.3 Å². The monoisotopic (exact) mass is 305 g/mol. The van der Waals surface area contributed by atoms with Gasteiger partial charge < -0.3 is 10.0 Å². The van der Waals surface area contributed by atoms with E-state index in [-0.39, 0.29) is 17.9 Å². The van der Waals surface area contributed by atoms with E-state index in [4.69, 9.17) is 5.11 Å². The lowest BCUT2D eigenvalue weighted by Gasteiger charge is -2.27. The molecule has 2 atom stereocenters. The topological polar surface area (TPSA) is 57.6 Å². The van der Waals surface area contributed by atoms with E-state index in [1.165, 1.54) is 4.90 Å². The van der Waals surface area contributed by atoms with Crippen LogP contribution in [-0.2, 0) is 9.59 Å². The Hall–Kier alpha value is -1.49. The van der Waals surface area contributed by atoms with Gasteiger partial charge in [0.1, 0.15) is 0 Å². The van der Waals surface area contributed by atoms with Crippen LogP contribution in [-0.4, -0.2) is 40.2 Å². The van der Waals surface area contributed by atoms with Gasteiger partial charge in [-0.05, 0) is 24.5 Å². The molecule has 1 N–H and O–H groups in total. The van der Waals surface area contributed by atoms with Crippen molar-refractivity contribution in [2.45, 2.75) is 36.6 Å². The number of fused-ring (bicyclic) bond motifs is 1. The zero-order chi connectivity index (χ0) is 15.0. The fourth-order valence-corrected chi connectivity index (χ4v) is 3.97. The van der Waals surface area contributed by atoms with Crippen molar-refractivity contribution < 1.29 is 14.7 Å². The Labute approximate surface area is 128 Å². The Morgan fingerprint density at radius 1 is 1.38 bits per heavy atom. The second kappa shape index (κ2) is 5.72. The molecule has 21 heavy (non-hydrogen) atoms. The molecule has 0 unspecified atom stereocenters. The third-order valence-corrected chi connectivity index (χ3v) is 5.34. The normalized spacial score (nSPS) is 21.7. The maximum atomic E-state index is 12.9. The van der Waals surface area contributed by atoms with E-state index in [0.717, 1.165) is 24.2 Å². The molecule has 1 fully saturated rings. The number of carboxylic acid groups (broad SMARTS) is 1. The molecule has 1 aromatic rings. The van der Waals surface area contributed by atoms with E-state index in [0.29, 0.717) is 6.54 Å². The van der Waals surface area contributed by atoms with Crippen molar-refractivity contribution >= 4 is 23.6 Å². The highest BCUT2D eigenvalue weighted by molar-refractivity contribution is 7.99. The SMILES string of the molecule is C[C@H](CN(C(=O)[C@H]1CSc2ccccc21)C1CC1)C(=O)O. The highest BCUT2D eigenvalue weighted by atomic mass is 32.2. The lowest BCUT2D eigenvalue weighted by atomic mass is 9.99. The summed E-state index contributed by atoms with van der Waals surface area (Å²) in [6, 6.07) is 8.27. The number of carbonyl (C=O) groups excluding carboxylic acids is 1. The molecule has 3 rings (SSSR count). The maximum absolute atomic E-state index is 12.9. The number of rotatable bonds is 5. The van der Waals surface area contributed by atoms with Crippen molar-refractivity contribution in [3.05, 3.63) is 29.8 Å². The van der Waals surface area contributed by atoms with Crippen LogP contribution in [0.15, 0.2) is 29.2 Å². The predicted octanol–water partition coefficient (Wildman–Crippen LogP) is 2.59. The Morgan fingerprint density at radius 3 is 2.76 bits per heavy atom. The molecular formula is C16H19NO3S. The van der Waals surface area contributed by atoms with Crippen molar-refractivity contribution in [1.29, 1.82) is 0 Å². The first-order chi connectivity index (χ1) is 10.1. The number of benzene rings is 1. The minimum absolute atomic E-state index is 0.100. The van der Waals surface area contributed by atoms with E-state index < -0.39 is 11.9 Å². The number of thioether (sulfide) groups is 1. The molecule has 1 saturated carbocycles. The zero-order valence-corrected chi connectivity index (χ0v) is 12.8. The van der Waals surface area contributed by atoms with Crippen LogP contribution >= 0.6 is 11.8 Å². The van der Waals surface area contributed by atoms with Crippen molar-refractivity contribution in [1.82, 2.24) is 4.90 Å². The third-order valence-electron chi connectivity index (χ3n) is 4.16. The van der Waals surface area contributed by atoms with Crippen LogP contribution in [0.2, 0.25) is 0 Å². The summed E-state index contributed by atoms with van der Waals surface area (Å²) in [5.74, 6) is -0.604. The largest absolute Gasteiger partial charge is 0.481 e. The van der Waals surface area contributed by atoms with E-state index in [9.17, 15) is 9.59 Å². The van der Waals surface area contributed by atoms with Gasteiger partial charge in [0.25, 0.3) is 0 Å². The Bertz CT molecular complexity index is 570. The van der Waals surface area contributed by atoms with Gasteiger partial charge in [0, 0.05) is 23.2 Å². The van der Waals surface area contributed by atoms with Crippen LogP contribution in [0.3, 0.4) is 0 Å². The fraction of sp³-hybridized carbons (Fsp3) is 0.500. The Kier molecular flexibility index (Phi) is 3.93. The van der Waals surface area contributed by atoms with Crippen molar-refractivity contribution in [3.63, 3.8) is 0 Å². The molecule has 5 heteroatoms. The molecule has 4 nitrogen and oxygen atoms in total. The summed E-state index contributed by atoms with van der Waals surface area (Å²) < 4.78 is 0. The molecule has 2 aliphatic rings. The summed E-state index contributed by atoms with van der Waals surface area (Å²) in [6.07, 6.45) is 2.00. The third kappa shape index (κ3) is 2.93. The first-order valence-electron chi connectivity index (χ1n) is 7.33. The molecule has 0 bridgehead atoms. The summed E-state index contributed by atoms with van der Waals surface area (Å²) in [4.78, 5) is 26.9. The van der Waals surface area contributed by atoms with Crippen LogP contribution < -0.4 is 0 Å². The lowest BCUT2D eigenvalue weighted by molar-refractivity contribution is -0.143. The van der Waals surface area contributed by atoms with Gasteiger partial charge in [0.15, 0.2) is 0 Å².